The Morgan fingerprint density at radius 1 is 1.14 bits per heavy atom. The maximum absolute atomic E-state index is 13.0. The average Bonchev–Trinajstić information content (AvgIpc) is 3.14. The van der Waals surface area contributed by atoms with Gasteiger partial charge in [0.25, 0.3) is 0 Å². The molecule has 2 aliphatic rings. The minimum absolute atomic E-state index is 0.0326. The number of thiocarbonyl (C=S) groups is 1. The second kappa shape index (κ2) is 9.37. The highest BCUT2D eigenvalue weighted by Crippen LogP contribution is 2.17. The van der Waals surface area contributed by atoms with Gasteiger partial charge in [0, 0.05) is 25.3 Å². The SMILES string of the molecule is Cc1ccc(NC(=S)NC2CCCCN(CC(=O)N3CCCC3)C2=O)c(C)c1. The highest BCUT2D eigenvalue weighted by molar-refractivity contribution is 7.80. The number of carbonyl (C=O) groups is 2. The second-order valence-corrected chi connectivity index (χ2v) is 8.22. The summed E-state index contributed by atoms with van der Waals surface area (Å²) in [7, 11) is 0. The van der Waals surface area contributed by atoms with Crippen molar-refractivity contribution in [2.75, 3.05) is 31.5 Å². The second-order valence-electron chi connectivity index (χ2n) is 7.81. The third kappa shape index (κ3) is 5.22. The van der Waals surface area contributed by atoms with Gasteiger partial charge in [-0.1, -0.05) is 17.7 Å². The van der Waals surface area contributed by atoms with Crippen LogP contribution in [0, 0.1) is 13.8 Å². The van der Waals surface area contributed by atoms with Crippen molar-refractivity contribution in [3.05, 3.63) is 29.3 Å². The van der Waals surface area contributed by atoms with Crippen LogP contribution in [-0.2, 0) is 9.59 Å². The highest BCUT2D eigenvalue weighted by Gasteiger charge is 2.30. The van der Waals surface area contributed by atoms with Crippen molar-refractivity contribution in [2.45, 2.75) is 52.0 Å². The molecule has 2 N–H and O–H groups in total. The van der Waals surface area contributed by atoms with Crippen molar-refractivity contribution in [1.29, 1.82) is 0 Å². The fraction of sp³-hybridized carbons (Fsp3) is 0.571. The van der Waals surface area contributed by atoms with Crippen LogP contribution in [0.1, 0.15) is 43.2 Å². The number of benzene rings is 1. The van der Waals surface area contributed by atoms with Crippen molar-refractivity contribution in [3.63, 3.8) is 0 Å². The van der Waals surface area contributed by atoms with Crippen LogP contribution >= 0.6 is 12.2 Å². The Morgan fingerprint density at radius 3 is 2.57 bits per heavy atom. The predicted octanol–water partition coefficient (Wildman–Crippen LogP) is 2.59. The summed E-state index contributed by atoms with van der Waals surface area (Å²) in [5, 5.41) is 6.82. The molecule has 1 atom stereocenters. The molecule has 1 aromatic carbocycles. The van der Waals surface area contributed by atoms with Crippen molar-refractivity contribution in [3.8, 4) is 0 Å². The molecule has 0 spiro atoms. The van der Waals surface area contributed by atoms with E-state index in [2.05, 4.69) is 23.6 Å². The number of amides is 2. The van der Waals surface area contributed by atoms with Crippen LogP contribution in [-0.4, -0.2) is 58.9 Å². The number of hydrogen-bond donors (Lipinski definition) is 2. The number of likely N-dealkylation sites (tertiary alicyclic amines) is 2. The zero-order valence-electron chi connectivity index (χ0n) is 16.8. The lowest BCUT2D eigenvalue weighted by molar-refractivity contribution is -0.140. The number of nitrogens with one attached hydrogen (secondary N) is 2. The third-order valence-electron chi connectivity index (χ3n) is 5.50. The Kier molecular flexibility index (Phi) is 6.88. The zero-order chi connectivity index (χ0) is 20.1. The van der Waals surface area contributed by atoms with Gasteiger partial charge in [0.2, 0.25) is 11.8 Å². The van der Waals surface area contributed by atoms with Gasteiger partial charge in [0.1, 0.15) is 6.04 Å². The summed E-state index contributed by atoms with van der Waals surface area (Å²) in [6, 6.07) is 5.72. The summed E-state index contributed by atoms with van der Waals surface area (Å²) in [6.45, 7) is 6.51. The van der Waals surface area contributed by atoms with Gasteiger partial charge in [0.15, 0.2) is 5.11 Å². The van der Waals surface area contributed by atoms with Crippen molar-refractivity contribution in [1.82, 2.24) is 15.1 Å². The number of rotatable bonds is 4. The Labute approximate surface area is 172 Å². The first kappa shape index (κ1) is 20.6. The number of anilines is 1. The fourth-order valence-corrected chi connectivity index (χ4v) is 4.15. The Bertz CT molecular complexity index is 746. The fourth-order valence-electron chi connectivity index (χ4n) is 3.90. The summed E-state index contributed by atoms with van der Waals surface area (Å²) >= 11 is 5.45. The number of nitrogens with zero attached hydrogens (tertiary/aromatic N) is 2. The lowest BCUT2D eigenvalue weighted by Gasteiger charge is -2.27. The van der Waals surface area contributed by atoms with Gasteiger partial charge in [-0.25, -0.2) is 0 Å². The molecule has 1 unspecified atom stereocenters. The lowest BCUT2D eigenvalue weighted by Crippen LogP contribution is -2.51. The Morgan fingerprint density at radius 2 is 1.86 bits per heavy atom. The molecule has 1 aromatic rings. The van der Waals surface area contributed by atoms with Crippen LogP contribution in [0.5, 0.6) is 0 Å². The summed E-state index contributed by atoms with van der Waals surface area (Å²) in [5.41, 5.74) is 3.23. The minimum Gasteiger partial charge on any atom is -0.351 e. The predicted molar refractivity (Wildman–Crippen MR) is 115 cm³/mol. The molecule has 7 heteroatoms. The Balaban J connectivity index is 1.59. The average molecular weight is 403 g/mol. The number of carbonyl (C=O) groups excluding carboxylic acids is 2. The molecule has 0 saturated carbocycles. The minimum atomic E-state index is -0.389. The number of aryl methyl sites for hydroxylation is 2. The van der Waals surface area contributed by atoms with Gasteiger partial charge >= 0.3 is 0 Å². The van der Waals surface area contributed by atoms with Gasteiger partial charge in [-0.15, -0.1) is 0 Å². The molecule has 6 nitrogen and oxygen atoms in total. The lowest BCUT2D eigenvalue weighted by atomic mass is 10.1. The molecule has 0 aliphatic carbocycles. The van der Waals surface area contributed by atoms with E-state index in [1.807, 2.05) is 24.0 Å². The molecule has 0 bridgehead atoms. The largest absolute Gasteiger partial charge is 0.351 e. The molecule has 152 valence electrons. The molecule has 0 radical (unpaired) electrons. The molecule has 2 saturated heterocycles. The zero-order valence-corrected chi connectivity index (χ0v) is 17.6. The first-order chi connectivity index (χ1) is 13.4. The molecular weight excluding hydrogens is 372 g/mol. The van der Waals surface area contributed by atoms with Crippen LogP contribution < -0.4 is 10.6 Å². The van der Waals surface area contributed by atoms with Crippen LogP contribution in [0.4, 0.5) is 5.69 Å². The quantitative estimate of drug-likeness (QED) is 0.758. The monoisotopic (exact) mass is 402 g/mol. The Hall–Kier alpha value is -2.15. The van der Waals surface area contributed by atoms with E-state index >= 15 is 0 Å². The summed E-state index contributed by atoms with van der Waals surface area (Å²) in [5.74, 6) is 0.0253. The topological polar surface area (TPSA) is 64.7 Å². The van der Waals surface area contributed by atoms with Crippen molar-refractivity contribution >= 4 is 34.8 Å². The number of hydrogen-bond acceptors (Lipinski definition) is 3. The van der Waals surface area contributed by atoms with Crippen molar-refractivity contribution in [2.24, 2.45) is 0 Å². The van der Waals surface area contributed by atoms with E-state index in [1.165, 1.54) is 5.56 Å². The van der Waals surface area contributed by atoms with E-state index in [0.29, 0.717) is 11.7 Å². The van der Waals surface area contributed by atoms with Crippen LogP contribution in [0.15, 0.2) is 18.2 Å². The summed E-state index contributed by atoms with van der Waals surface area (Å²) in [6.07, 6.45) is 4.69. The van der Waals surface area contributed by atoms with E-state index in [1.54, 1.807) is 4.90 Å². The third-order valence-corrected chi connectivity index (χ3v) is 5.72. The first-order valence-corrected chi connectivity index (χ1v) is 10.6. The maximum atomic E-state index is 13.0. The molecule has 2 heterocycles. The van der Waals surface area contributed by atoms with Gasteiger partial charge in [-0.05, 0) is 69.8 Å². The standard InChI is InChI=1S/C21H30N4O2S/c1-15-8-9-17(16(2)13-15)22-21(28)23-18-7-3-4-12-25(20(18)27)14-19(26)24-10-5-6-11-24/h8-9,13,18H,3-7,10-12,14H2,1-2H3,(H2,22,23,28). The first-order valence-electron chi connectivity index (χ1n) is 10.2. The van der Waals surface area contributed by atoms with Gasteiger partial charge in [-0.2, -0.15) is 0 Å². The van der Waals surface area contributed by atoms with Crippen molar-refractivity contribution < 1.29 is 9.59 Å². The molecule has 2 amide bonds. The molecular formula is C21H30N4O2S. The maximum Gasteiger partial charge on any atom is 0.245 e. The van der Waals surface area contributed by atoms with Crippen LogP contribution in [0.2, 0.25) is 0 Å². The molecule has 28 heavy (non-hydrogen) atoms. The van der Waals surface area contributed by atoms with Gasteiger partial charge in [-0.3, -0.25) is 9.59 Å². The van der Waals surface area contributed by atoms with Crippen LogP contribution in [0.3, 0.4) is 0 Å². The molecule has 0 aromatic heterocycles. The van der Waals surface area contributed by atoms with E-state index < -0.39 is 0 Å². The summed E-state index contributed by atoms with van der Waals surface area (Å²) < 4.78 is 0. The molecule has 2 aliphatic heterocycles. The van der Waals surface area contributed by atoms with E-state index in [9.17, 15) is 9.59 Å². The summed E-state index contributed by atoms with van der Waals surface area (Å²) in [4.78, 5) is 29.0. The van der Waals surface area contributed by atoms with Gasteiger partial charge in [0.05, 0.1) is 6.54 Å². The molecule has 3 rings (SSSR count). The van der Waals surface area contributed by atoms with E-state index in [4.69, 9.17) is 12.2 Å². The normalized spacial score (nSPS) is 20.1. The van der Waals surface area contributed by atoms with E-state index in [-0.39, 0.29) is 24.4 Å². The smallest absolute Gasteiger partial charge is 0.245 e. The highest BCUT2D eigenvalue weighted by atomic mass is 32.1. The molecule has 2 fully saturated rings. The van der Waals surface area contributed by atoms with Gasteiger partial charge < -0.3 is 20.4 Å². The van der Waals surface area contributed by atoms with E-state index in [0.717, 1.165) is 56.4 Å². The van der Waals surface area contributed by atoms with Crippen LogP contribution in [0.25, 0.3) is 0 Å².